The van der Waals surface area contributed by atoms with Gasteiger partial charge in [0.2, 0.25) is 0 Å². The summed E-state index contributed by atoms with van der Waals surface area (Å²) in [5, 5.41) is 8.93. The zero-order valence-corrected chi connectivity index (χ0v) is 7.29. The van der Waals surface area contributed by atoms with E-state index in [2.05, 4.69) is 4.99 Å². The fourth-order valence-electron chi connectivity index (χ4n) is 1.29. The van der Waals surface area contributed by atoms with E-state index >= 15 is 0 Å². The Hall–Kier alpha value is -2.10. The Kier molecular flexibility index (Phi) is 2.02. The molecule has 0 saturated heterocycles. The molecule has 0 radical (unpaired) electrons. The third-order valence-electron chi connectivity index (χ3n) is 1.92. The first-order valence-corrected chi connectivity index (χ1v) is 4.10. The van der Waals surface area contributed by atoms with Crippen molar-refractivity contribution in [1.29, 1.82) is 0 Å². The molecule has 1 aromatic rings. The maximum atomic E-state index is 10.9. The maximum Gasteiger partial charge on any atom is 0.416 e. The molecule has 14 heavy (non-hydrogen) atoms. The summed E-state index contributed by atoms with van der Waals surface area (Å²) >= 11 is 0. The smallest absolute Gasteiger partial charge is 0.416 e. The van der Waals surface area contributed by atoms with Crippen molar-refractivity contribution in [3.05, 3.63) is 42.2 Å². The molecule has 2 rings (SSSR count). The van der Waals surface area contributed by atoms with Crippen LogP contribution in [0.25, 0.3) is 0 Å². The van der Waals surface area contributed by atoms with E-state index in [0.29, 0.717) is 5.69 Å². The Morgan fingerprint density at radius 2 is 2.14 bits per heavy atom. The Morgan fingerprint density at radius 3 is 2.93 bits per heavy atom. The number of carbonyl (C=O) groups is 1. The number of fused-ring (bicyclic) bond motifs is 1. The molecule has 1 amide bonds. The van der Waals surface area contributed by atoms with Gasteiger partial charge in [0.1, 0.15) is 0 Å². The van der Waals surface area contributed by atoms with Crippen molar-refractivity contribution >= 4 is 18.0 Å². The minimum absolute atomic E-state index is 0.623. The fraction of sp³-hybridized carbons (Fsp3) is 0. The zero-order valence-electron chi connectivity index (χ0n) is 7.29. The van der Waals surface area contributed by atoms with Crippen LogP contribution >= 0.6 is 0 Å². The third-order valence-corrected chi connectivity index (χ3v) is 1.92. The summed E-state index contributed by atoms with van der Waals surface area (Å²) in [7, 11) is 0. The maximum absolute atomic E-state index is 10.9. The fourth-order valence-corrected chi connectivity index (χ4v) is 1.29. The van der Waals surface area contributed by atoms with Crippen LogP contribution < -0.4 is 4.90 Å². The minimum Gasteiger partial charge on any atom is -0.464 e. The summed E-state index contributed by atoms with van der Waals surface area (Å²) < 4.78 is 0. The summed E-state index contributed by atoms with van der Waals surface area (Å²) in [5.41, 5.74) is 1.41. The predicted octanol–water partition coefficient (Wildman–Crippen LogP) is 2.07. The van der Waals surface area contributed by atoms with E-state index in [1.807, 2.05) is 12.1 Å². The topological polar surface area (TPSA) is 52.9 Å². The largest absolute Gasteiger partial charge is 0.464 e. The Balaban J connectivity index is 2.55. The van der Waals surface area contributed by atoms with Crippen molar-refractivity contribution in [2.24, 2.45) is 4.99 Å². The lowest BCUT2D eigenvalue weighted by Crippen LogP contribution is -2.23. The monoisotopic (exact) mass is 188 g/mol. The van der Waals surface area contributed by atoms with Gasteiger partial charge in [-0.15, -0.1) is 0 Å². The third kappa shape index (κ3) is 1.37. The van der Waals surface area contributed by atoms with Crippen molar-refractivity contribution in [3.8, 4) is 0 Å². The lowest BCUT2D eigenvalue weighted by molar-refractivity contribution is 0.204. The number of hydrogen-bond acceptors (Lipinski definition) is 2. The number of aliphatic imine (C=N–C) groups is 1. The van der Waals surface area contributed by atoms with Gasteiger partial charge in [0.05, 0.1) is 5.69 Å². The van der Waals surface area contributed by atoms with E-state index < -0.39 is 6.09 Å². The van der Waals surface area contributed by atoms with Crippen LogP contribution in [0, 0.1) is 0 Å². The molecule has 4 nitrogen and oxygen atoms in total. The highest BCUT2D eigenvalue weighted by atomic mass is 16.4. The normalized spacial score (nSPS) is 13.6. The molecule has 0 unspecified atom stereocenters. The molecule has 0 fully saturated rings. The van der Waals surface area contributed by atoms with E-state index in [-0.39, 0.29) is 0 Å². The minimum atomic E-state index is -1.01. The highest BCUT2D eigenvalue weighted by molar-refractivity contribution is 5.97. The first-order valence-electron chi connectivity index (χ1n) is 4.10. The Labute approximate surface area is 80.8 Å². The van der Waals surface area contributed by atoms with Gasteiger partial charge in [-0.3, -0.25) is 9.89 Å². The summed E-state index contributed by atoms with van der Waals surface area (Å²) in [6.45, 7) is 0. The number of para-hydroxylation sites is 1. The molecule has 0 saturated carbocycles. The van der Waals surface area contributed by atoms with Gasteiger partial charge in [0.25, 0.3) is 0 Å². The number of rotatable bonds is 0. The van der Waals surface area contributed by atoms with Crippen LogP contribution in [0.15, 0.2) is 41.7 Å². The molecular weight excluding hydrogens is 180 g/mol. The summed E-state index contributed by atoms with van der Waals surface area (Å²) in [6.07, 6.45) is 3.49. The Bertz CT molecular complexity index is 424. The van der Waals surface area contributed by atoms with E-state index in [0.717, 1.165) is 10.5 Å². The van der Waals surface area contributed by atoms with Crippen molar-refractivity contribution in [1.82, 2.24) is 0 Å². The van der Waals surface area contributed by atoms with Crippen LogP contribution in [0.2, 0.25) is 0 Å². The van der Waals surface area contributed by atoms with Crippen LogP contribution in [0.1, 0.15) is 5.56 Å². The van der Waals surface area contributed by atoms with E-state index in [1.54, 1.807) is 18.3 Å². The molecule has 1 heterocycles. The second-order valence-corrected chi connectivity index (χ2v) is 2.79. The van der Waals surface area contributed by atoms with Gasteiger partial charge in [-0.2, -0.15) is 0 Å². The van der Waals surface area contributed by atoms with Gasteiger partial charge in [0, 0.05) is 24.2 Å². The summed E-state index contributed by atoms with van der Waals surface area (Å²) in [4.78, 5) is 16.0. The second-order valence-electron chi connectivity index (χ2n) is 2.79. The van der Waals surface area contributed by atoms with Gasteiger partial charge in [-0.25, -0.2) is 4.79 Å². The SMILES string of the molecule is O=C(O)N1C=CN=Cc2ccccc21. The van der Waals surface area contributed by atoms with Crippen LogP contribution in [0.5, 0.6) is 0 Å². The van der Waals surface area contributed by atoms with Crippen molar-refractivity contribution in [2.75, 3.05) is 4.90 Å². The predicted molar refractivity (Wildman–Crippen MR) is 53.7 cm³/mol. The summed E-state index contributed by atoms with van der Waals surface area (Å²) in [5.74, 6) is 0. The van der Waals surface area contributed by atoms with Crippen LogP contribution in [0.3, 0.4) is 0 Å². The quantitative estimate of drug-likeness (QED) is 0.677. The molecule has 0 bridgehead atoms. The molecule has 4 heteroatoms. The number of carboxylic acid groups (broad SMARTS) is 1. The van der Waals surface area contributed by atoms with Gasteiger partial charge < -0.3 is 5.11 Å². The molecule has 0 atom stereocenters. The highest BCUT2D eigenvalue weighted by Gasteiger charge is 2.14. The van der Waals surface area contributed by atoms with Crippen LogP contribution in [0.4, 0.5) is 10.5 Å². The van der Waals surface area contributed by atoms with E-state index in [1.165, 1.54) is 12.4 Å². The van der Waals surface area contributed by atoms with Gasteiger partial charge in [-0.05, 0) is 6.07 Å². The number of amides is 1. The molecule has 1 aliphatic heterocycles. The van der Waals surface area contributed by atoms with Gasteiger partial charge >= 0.3 is 6.09 Å². The number of benzene rings is 1. The Morgan fingerprint density at radius 1 is 1.36 bits per heavy atom. The number of nitrogens with zero attached hydrogens (tertiary/aromatic N) is 2. The van der Waals surface area contributed by atoms with E-state index in [9.17, 15) is 4.79 Å². The van der Waals surface area contributed by atoms with Gasteiger partial charge in [0.15, 0.2) is 0 Å². The lowest BCUT2D eigenvalue weighted by atomic mass is 10.2. The average molecular weight is 188 g/mol. The molecule has 0 aromatic heterocycles. The zero-order chi connectivity index (χ0) is 9.97. The number of hydrogen-bond donors (Lipinski definition) is 1. The van der Waals surface area contributed by atoms with Crippen LogP contribution in [-0.2, 0) is 0 Å². The van der Waals surface area contributed by atoms with E-state index in [4.69, 9.17) is 5.11 Å². The van der Waals surface area contributed by atoms with Gasteiger partial charge in [-0.1, -0.05) is 18.2 Å². The molecule has 70 valence electrons. The summed E-state index contributed by atoms with van der Waals surface area (Å²) in [6, 6.07) is 7.20. The molecule has 0 spiro atoms. The lowest BCUT2D eigenvalue weighted by Gasteiger charge is -2.14. The first-order chi connectivity index (χ1) is 6.79. The second kappa shape index (κ2) is 3.33. The molecular formula is C10H8N2O2. The number of anilines is 1. The first kappa shape index (κ1) is 8.50. The molecule has 1 aromatic carbocycles. The molecule has 1 N–H and O–H groups in total. The van der Waals surface area contributed by atoms with Crippen molar-refractivity contribution in [2.45, 2.75) is 0 Å². The molecule has 1 aliphatic rings. The van der Waals surface area contributed by atoms with Crippen molar-refractivity contribution < 1.29 is 9.90 Å². The van der Waals surface area contributed by atoms with Crippen molar-refractivity contribution in [3.63, 3.8) is 0 Å². The highest BCUT2D eigenvalue weighted by Crippen LogP contribution is 2.21. The standard InChI is InChI=1S/C10H8N2O2/c13-10(14)12-6-5-11-7-8-3-1-2-4-9(8)12/h1-7H,(H,13,14). The van der Waals surface area contributed by atoms with Crippen LogP contribution in [-0.4, -0.2) is 17.4 Å². The average Bonchev–Trinajstić information content (AvgIpc) is 2.39. The molecule has 0 aliphatic carbocycles.